The van der Waals surface area contributed by atoms with Gasteiger partial charge in [-0.25, -0.2) is 4.39 Å². The lowest BCUT2D eigenvalue weighted by Gasteiger charge is -2.38. The zero-order valence-electron chi connectivity index (χ0n) is 19.8. The molecule has 0 radical (unpaired) electrons. The highest BCUT2D eigenvalue weighted by Gasteiger charge is 2.44. The van der Waals surface area contributed by atoms with Gasteiger partial charge in [0.05, 0.1) is 11.7 Å². The van der Waals surface area contributed by atoms with Crippen LogP contribution in [0.3, 0.4) is 0 Å². The smallest absolute Gasteiger partial charge is 0.332 e. The van der Waals surface area contributed by atoms with Crippen molar-refractivity contribution in [2.75, 3.05) is 32.7 Å². The van der Waals surface area contributed by atoms with Crippen molar-refractivity contribution in [1.29, 1.82) is 0 Å². The fourth-order valence-corrected chi connectivity index (χ4v) is 5.60. The summed E-state index contributed by atoms with van der Waals surface area (Å²) in [4.78, 5) is 17.3. The van der Waals surface area contributed by atoms with Crippen LogP contribution in [0.15, 0.2) is 18.2 Å². The normalized spacial score (nSPS) is 23.1. The number of alkyl halides is 3. The van der Waals surface area contributed by atoms with Crippen molar-refractivity contribution >= 4 is 29.9 Å². The highest BCUT2D eigenvalue weighted by molar-refractivity contribution is 6.32. The molecule has 0 unspecified atom stereocenters. The Balaban J connectivity index is 0.00000304. The minimum Gasteiger partial charge on any atom is -0.332 e. The summed E-state index contributed by atoms with van der Waals surface area (Å²) in [7, 11) is 0. The zero-order chi connectivity index (χ0) is 24.9. The molecule has 1 saturated carbocycles. The van der Waals surface area contributed by atoms with Gasteiger partial charge in [0, 0.05) is 49.7 Å². The van der Waals surface area contributed by atoms with Gasteiger partial charge in [0.2, 0.25) is 5.91 Å². The van der Waals surface area contributed by atoms with Gasteiger partial charge in [-0.3, -0.25) is 14.4 Å². The number of hydrogen-bond donors (Lipinski definition) is 1. The molecule has 2 aliphatic heterocycles. The molecular weight excluding hydrogens is 521 g/mol. The molecule has 2 aromatic rings. The summed E-state index contributed by atoms with van der Waals surface area (Å²) >= 11 is 6.61. The largest absolute Gasteiger partial charge is 0.433 e. The molecule has 1 aliphatic carbocycles. The highest BCUT2D eigenvalue weighted by atomic mass is 35.5. The Hall–Kier alpha value is -1.88. The lowest BCUT2D eigenvalue weighted by molar-refractivity contribution is -0.146. The summed E-state index contributed by atoms with van der Waals surface area (Å²) in [5, 5.41) is 7.82. The van der Waals surface area contributed by atoms with Crippen molar-refractivity contribution in [2.45, 2.75) is 56.9 Å². The van der Waals surface area contributed by atoms with Gasteiger partial charge < -0.3 is 10.2 Å². The number of nitrogens with zero attached hydrogens (tertiary/aromatic N) is 4. The monoisotopic (exact) mass is 549 g/mol. The topological polar surface area (TPSA) is 53.4 Å². The number of hydrogen-bond acceptors (Lipinski definition) is 4. The third-order valence-corrected chi connectivity index (χ3v) is 7.76. The minimum absolute atomic E-state index is 0. The van der Waals surface area contributed by atoms with Crippen LogP contribution in [0.5, 0.6) is 0 Å². The second-order valence-electron chi connectivity index (χ2n) is 9.68. The van der Waals surface area contributed by atoms with Crippen molar-refractivity contribution in [1.82, 2.24) is 24.9 Å². The summed E-state index contributed by atoms with van der Waals surface area (Å²) in [6.45, 7) is 4.63. The molecule has 1 amide bonds. The Kier molecular flexibility index (Phi) is 7.90. The molecule has 3 aliphatic rings. The van der Waals surface area contributed by atoms with Gasteiger partial charge in [0.1, 0.15) is 18.1 Å². The molecule has 1 aromatic carbocycles. The second kappa shape index (κ2) is 10.5. The molecule has 2 atom stereocenters. The molecule has 5 rings (SSSR count). The van der Waals surface area contributed by atoms with Gasteiger partial charge in [-0.15, -0.1) is 12.4 Å². The molecular formula is C24H29Cl2F4N5O. The van der Waals surface area contributed by atoms with Crippen LogP contribution in [0, 0.1) is 12.7 Å². The van der Waals surface area contributed by atoms with Crippen LogP contribution in [-0.2, 0) is 17.5 Å². The van der Waals surface area contributed by atoms with Crippen LogP contribution in [0.1, 0.15) is 53.7 Å². The fourth-order valence-electron chi connectivity index (χ4n) is 5.38. The van der Waals surface area contributed by atoms with Crippen molar-refractivity contribution in [2.24, 2.45) is 0 Å². The lowest BCUT2D eigenvalue weighted by atomic mass is 9.96. The van der Waals surface area contributed by atoms with Gasteiger partial charge in [0.25, 0.3) is 0 Å². The van der Waals surface area contributed by atoms with Crippen LogP contribution in [0.25, 0.3) is 0 Å². The number of rotatable bonds is 5. The maximum absolute atomic E-state index is 14.4. The van der Waals surface area contributed by atoms with E-state index in [0.29, 0.717) is 34.8 Å². The average Bonchev–Trinajstić information content (AvgIpc) is 3.41. The van der Waals surface area contributed by atoms with E-state index in [4.69, 9.17) is 11.6 Å². The Morgan fingerprint density at radius 2 is 1.83 bits per heavy atom. The van der Waals surface area contributed by atoms with Crippen molar-refractivity contribution < 1.29 is 22.4 Å². The van der Waals surface area contributed by atoms with Crippen molar-refractivity contribution in [3.8, 4) is 0 Å². The van der Waals surface area contributed by atoms with E-state index in [-0.39, 0.29) is 24.4 Å². The number of benzene rings is 1. The standard InChI is InChI=1S/C24H28ClF4N5O.ClH/c1-14-10-16(26)11-17(22(14)25)23-19(32-8-5-30-6-9-32)4-7-33(23)21(35)13-34-20(24(27,28)29)12-18(31-34)15-2-3-15;/h10-12,15,19,23,30H,2-9,13H2,1H3;1H/t19-,23-;/m1./s1. The Bertz CT molecular complexity index is 1110. The predicted molar refractivity (Wildman–Crippen MR) is 130 cm³/mol. The molecule has 3 heterocycles. The van der Waals surface area contributed by atoms with Crippen LogP contribution >= 0.6 is 24.0 Å². The molecule has 3 fully saturated rings. The molecule has 2 saturated heterocycles. The number of aryl methyl sites for hydroxylation is 1. The van der Waals surface area contributed by atoms with Gasteiger partial charge in [-0.1, -0.05) is 11.6 Å². The first-order valence-electron chi connectivity index (χ1n) is 12.0. The molecule has 1 aromatic heterocycles. The number of likely N-dealkylation sites (tertiary alicyclic amines) is 1. The van der Waals surface area contributed by atoms with E-state index in [2.05, 4.69) is 15.3 Å². The lowest BCUT2D eigenvalue weighted by Crippen LogP contribution is -2.50. The van der Waals surface area contributed by atoms with Crippen molar-refractivity contribution in [3.05, 3.63) is 51.6 Å². The number of piperazine rings is 1. The molecule has 198 valence electrons. The number of aromatic nitrogens is 2. The van der Waals surface area contributed by atoms with E-state index < -0.39 is 36.2 Å². The zero-order valence-corrected chi connectivity index (χ0v) is 21.4. The van der Waals surface area contributed by atoms with E-state index in [9.17, 15) is 22.4 Å². The predicted octanol–water partition coefficient (Wildman–Crippen LogP) is 4.55. The van der Waals surface area contributed by atoms with E-state index in [1.54, 1.807) is 11.8 Å². The van der Waals surface area contributed by atoms with E-state index in [1.165, 1.54) is 12.1 Å². The van der Waals surface area contributed by atoms with Gasteiger partial charge in [-0.05, 0) is 55.5 Å². The average molecular weight is 550 g/mol. The minimum atomic E-state index is -4.61. The van der Waals surface area contributed by atoms with Crippen LogP contribution < -0.4 is 5.32 Å². The first kappa shape index (κ1) is 27.2. The van der Waals surface area contributed by atoms with E-state index in [1.807, 2.05) is 0 Å². The molecule has 1 N–H and O–H groups in total. The Morgan fingerprint density at radius 1 is 1.14 bits per heavy atom. The van der Waals surface area contributed by atoms with Crippen LogP contribution in [0.4, 0.5) is 17.6 Å². The molecule has 6 nitrogen and oxygen atoms in total. The van der Waals surface area contributed by atoms with Crippen LogP contribution in [0.2, 0.25) is 5.02 Å². The molecule has 0 spiro atoms. The molecule has 0 bridgehead atoms. The number of carbonyl (C=O) groups is 1. The Labute approximate surface area is 218 Å². The number of halogens is 6. The highest BCUT2D eigenvalue weighted by Crippen LogP contribution is 2.43. The summed E-state index contributed by atoms with van der Waals surface area (Å²) in [6, 6.07) is 3.08. The first-order chi connectivity index (χ1) is 16.6. The van der Waals surface area contributed by atoms with Crippen molar-refractivity contribution in [3.63, 3.8) is 0 Å². The summed E-state index contributed by atoms with van der Waals surface area (Å²) < 4.78 is 56.3. The number of carbonyl (C=O) groups excluding carboxylic acids is 1. The maximum atomic E-state index is 14.4. The van der Waals surface area contributed by atoms with Crippen LogP contribution in [-0.4, -0.2) is 64.3 Å². The number of nitrogens with one attached hydrogen (secondary N) is 1. The molecule has 36 heavy (non-hydrogen) atoms. The SMILES string of the molecule is Cc1cc(F)cc([C@@H]2[C@H](N3CCNCC3)CCN2C(=O)Cn2nc(C3CC3)cc2C(F)(F)F)c1Cl.Cl. The fraction of sp³-hybridized carbons (Fsp3) is 0.583. The Morgan fingerprint density at radius 3 is 2.47 bits per heavy atom. The van der Waals surface area contributed by atoms with Gasteiger partial charge in [-0.2, -0.15) is 18.3 Å². The van der Waals surface area contributed by atoms with Gasteiger partial charge >= 0.3 is 6.18 Å². The third kappa shape index (κ3) is 5.37. The third-order valence-electron chi connectivity index (χ3n) is 7.24. The molecule has 12 heteroatoms. The first-order valence-corrected chi connectivity index (χ1v) is 12.4. The van der Waals surface area contributed by atoms with E-state index in [0.717, 1.165) is 49.8 Å². The van der Waals surface area contributed by atoms with E-state index >= 15 is 0 Å². The summed E-state index contributed by atoms with van der Waals surface area (Å²) in [5.74, 6) is -0.916. The number of amides is 1. The maximum Gasteiger partial charge on any atom is 0.433 e. The van der Waals surface area contributed by atoms with Gasteiger partial charge in [0.15, 0.2) is 0 Å². The summed E-state index contributed by atoms with van der Waals surface area (Å²) in [5.41, 5.74) is 0.515. The summed E-state index contributed by atoms with van der Waals surface area (Å²) in [6.07, 6.45) is -2.38. The quantitative estimate of drug-likeness (QED) is 0.556. The second-order valence-corrected chi connectivity index (χ2v) is 10.1.